The van der Waals surface area contributed by atoms with E-state index < -0.39 is 5.97 Å². The van der Waals surface area contributed by atoms with Gasteiger partial charge in [0.05, 0.1) is 0 Å². The van der Waals surface area contributed by atoms with E-state index in [1.54, 1.807) is 0 Å². The average molecular weight is 365 g/mol. The highest BCUT2D eigenvalue weighted by Crippen LogP contribution is 2.34. The predicted molar refractivity (Wildman–Crippen MR) is 69.1 cm³/mol. The third-order valence-corrected chi connectivity index (χ3v) is 3.69. The normalized spacial score (nSPS) is 10.7. The van der Waals surface area contributed by atoms with Crippen LogP contribution in [0.5, 0.6) is 0 Å². The summed E-state index contributed by atoms with van der Waals surface area (Å²) in [6, 6.07) is 5.12. The number of aromatic nitrogens is 1. The number of aromatic carboxylic acids is 1. The summed E-state index contributed by atoms with van der Waals surface area (Å²) in [6.45, 7) is 0. The van der Waals surface area contributed by atoms with Gasteiger partial charge in [-0.15, -0.1) is 0 Å². The fraction of sp³-hybridized carbons (Fsp3) is 0. The van der Waals surface area contributed by atoms with Gasteiger partial charge in [-0.1, -0.05) is 43.5 Å². The molecule has 0 atom stereocenters. The third-order valence-electron chi connectivity index (χ3n) is 2.07. The zero-order valence-electron chi connectivity index (χ0n) is 7.67. The molecule has 2 rings (SSSR count). The van der Waals surface area contributed by atoms with Gasteiger partial charge in [0, 0.05) is 19.7 Å². The predicted octanol–water partition coefficient (Wildman–Crippen LogP) is 4.11. The summed E-state index contributed by atoms with van der Waals surface area (Å²) in [5.74, 6) is -1.10. The first-order valence-corrected chi connectivity index (χ1v) is 6.14. The monoisotopic (exact) mass is 363 g/mol. The zero-order valence-corrected chi connectivity index (χ0v) is 11.6. The van der Waals surface area contributed by atoms with Crippen LogP contribution >= 0.6 is 43.5 Å². The van der Waals surface area contributed by atoms with Crippen molar-refractivity contribution in [3.8, 4) is 0 Å². The summed E-state index contributed by atoms with van der Waals surface area (Å²) in [5.41, 5.74) is -0.0729. The van der Waals surface area contributed by atoms with E-state index in [1.807, 2.05) is 12.1 Å². The van der Waals surface area contributed by atoms with Crippen LogP contribution < -0.4 is 0 Å². The SMILES string of the molecule is O=C(O)c1cc2c(Br)ccc(Br)c2c(Cl)n1. The Morgan fingerprint density at radius 3 is 2.56 bits per heavy atom. The average Bonchev–Trinajstić information content (AvgIpc) is 2.22. The molecule has 6 heteroatoms. The molecule has 1 heterocycles. The molecule has 0 unspecified atom stereocenters. The second-order valence-electron chi connectivity index (χ2n) is 3.06. The molecule has 0 aliphatic rings. The standard InChI is InChI=1S/C10H4Br2ClNO2/c11-5-1-2-6(12)8-4(5)3-7(10(15)16)14-9(8)13/h1-3H,(H,15,16). The van der Waals surface area contributed by atoms with Crippen LogP contribution in [-0.2, 0) is 0 Å². The summed E-state index contributed by atoms with van der Waals surface area (Å²) in [7, 11) is 0. The van der Waals surface area contributed by atoms with Crippen molar-refractivity contribution in [1.82, 2.24) is 4.98 Å². The van der Waals surface area contributed by atoms with Crippen LogP contribution in [0.15, 0.2) is 27.1 Å². The molecule has 0 bridgehead atoms. The van der Waals surface area contributed by atoms with Crippen molar-refractivity contribution < 1.29 is 9.90 Å². The molecule has 0 radical (unpaired) electrons. The summed E-state index contributed by atoms with van der Waals surface area (Å²) in [6.07, 6.45) is 0. The first-order valence-electron chi connectivity index (χ1n) is 4.18. The Labute approximate surface area is 113 Å². The molecule has 0 aliphatic heterocycles. The lowest BCUT2D eigenvalue weighted by Crippen LogP contribution is -2.00. The Balaban J connectivity index is 2.92. The van der Waals surface area contributed by atoms with Gasteiger partial charge < -0.3 is 5.11 Å². The van der Waals surface area contributed by atoms with Gasteiger partial charge in [0.15, 0.2) is 5.69 Å². The van der Waals surface area contributed by atoms with Crippen molar-refractivity contribution in [2.24, 2.45) is 0 Å². The summed E-state index contributed by atoms with van der Waals surface area (Å²) in [5, 5.41) is 10.5. The quantitative estimate of drug-likeness (QED) is 0.774. The van der Waals surface area contributed by atoms with E-state index in [-0.39, 0.29) is 10.8 Å². The van der Waals surface area contributed by atoms with Gasteiger partial charge in [-0.3, -0.25) is 0 Å². The van der Waals surface area contributed by atoms with Crippen LogP contribution in [0.2, 0.25) is 5.15 Å². The van der Waals surface area contributed by atoms with E-state index in [9.17, 15) is 4.79 Å². The van der Waals surface area contributed by atoms with Crippen molar-refractivity contribution >= 4 is 60.2 Å². The maximum Gasteiger partial charge on any atom is 0.354 e. The molecule has 0 spiro atoms. The fourth-order valence-electron chi connectivity index (χ4n) is 1.36. The Morgan fingerprint density at radius 2 is 1.94 bits per heavy atom. The first-order chi connectivity index (χ1) is 7.50. The van der Waals surface area contributed by atoms with Gasteiger partial charge in [-0.2, -0.15) is 0 Å². The van der Waals surface area contributed by atoms with Crippen LogP contribution in [0.4, 0.5) is 0 Å². The first kappa shape index (κ1) is 11.8. The van der Waals surface area contributed by atoms with Crippen molar-refractivity contribution in [1.29, 1.82) is 0 Å². The lowest BCUT2D eigenvalue weighted by Gasteiger charge is -2.06. The van der Waals surface area contributed by atoms with Crippen molar-refractivity contribution in [2.45, 2.75) is 0 Å². The summed E-state index contributed by atoms with van der Waals surface area (Å²) in [4.78, 5) is 14.7. The molecule has 82 valence electrons. The van der Waals surface area contributed by atoms with Crippen LogP contribution in [0, 0.1) is 0 Å². The number of halogens is 3. The minimum atomic E-state index is -1.10. The lowest BCUT2D eigenvalue weighted by atomic mass is 10.1. The van der Waals surface area contributed by atoms with Crippen molar-refractivity contribution in [3.63, 3.8) is 0 Å². The molecule has 3 nitrogen and oxygen atoms in total. The van der Waals surface area contributed by atoms with Gasteiger partial charge in [0.1, 0.15) is 5.15 Å². The number of pyridine rings is 1. The maximum absolute atomic E-state index is 10.8. The highest BCUT2D eigenvalue weighted by Gasteiger charge is 2.13. The molecule has 1 aromatic heterocycles. The van der Waals surface area contributed by atoms with E-state index in [4.69, 9.17) is 16.7 Å². The van der Waals surface area contributed by atoms with Gasteiger partial charge in [-0.25, -0.2) is 9.78 Å². The Morgan fingerprint density at radius 1 is 1.31 bits per heavy atom. The Bertz CT molecular complexity index is 601. The van der Waals surface area contributed by atoms with Gasteiger partial charge in [0.2, 0.25) is 0 Å². The molecule has 0 aliphatic carbocycles. The molecular formula is C10H4Br2ClNO2. The molecule has 1 N–H and O–H groups in total. The molecule has 1 aromatic carbocycles. The van der Waals surface area contributed by atoms with Crippen molar-refractivity contribution in [3.05, 3.63) is 38.0 Å². The maximum atomic E-state index is 10.8. The van der Waals surface area contributed by atoms with Crippen molar-refractivity contribution in [2.75, 3.05) is 0 Å². The highest BCUT2D eigenvalue weighted by molar-refractivity contribution is 9.11. The topological polar surface area (TPSA) is 50.2 Å². The Hall–Kier alpha value is -0.650. The van der Waals surface area contributed by atoms with Gasteiger partial charge in [-0.05, 0) is 18.2 Å². The smallest absolute Gasteiger partial charge is 0.354 e. The molecular weight excluding hydrogens is 361 g/mol. The number of benzene rings is 1. The minimum Gasteiger partial charge on any atom is -0.477 e. The fourth-order valence-corrected chi connectivity index (χ4v) is 2.75. The number of fused-ring (bicyclic) bond motifs is 1. The summed E-state index contributed by atoms with van der Waals surface area (Å²) >= 11 is 12.7. The Kier molecular flexibility index (Phi) is 3.19. The van der Waals surface area contributed by atoms with Gasteiger partial charge >= 0.3 is 5.97 Å². The second kappa shape index (κ2) is 4.31. The lowest BCUT2D eigenvalue weighted by molar-refractivity contribution is 0.0690. The molecule has 0 amide bonds. The van der Waals surface area contributed by atoms with E-state index >= 15 is 0 Å². The van der Waals surface area contributed by atoms with E-state index in [0.29, 0.717) is 10.8 Å². The zero-order chi connectivity index (χ0) is 11.9. The van der Waals surface area contributed by atoms with E-state index in [2.05, 4.69) is 36.8 Å². The highest BCUT2D eigenvalue weighted by atomic mass is 79.9. The molecule has 2 aromatic rings. The van der Waals surface area contributed by atoms with Crippen LogP contribution in [-0.4, -0.2) is 16.1 Å². The third kappa shape index (κ3) is 1.95. The van der Waals surface area contributed by atoms with E-state index in [0.717, 1.165) is 8.95 Å². The molecule has 0 fully saturated rings. The number of carboxylic acid groups (broad SMARTS) is 1. The molecule has 0 saturated heterocycles. The molecule has 0 saturated carbocycles. The molecule has 16 heavy (non-hydrogen) atoms. The summed E-state index contributed by atoms with van der Waals surface area (Å²) < 4.78 is 1.55. The number of hydrogen-bond acceptors (Lipinski definition) is 2. The van der Waals surface area contributed by atoms with Crippen LogP contribution in [0.1, 0.15) is 10.5 Å². The van der Waals surface area contributed by atoms with Gasteiger partial charge in [0.25, 0.3) is 0 Å². The minimum absolute atomic E-state index is 0.0729. The number of carbonyl (C=O) groups is 1. The number of rotatable bonds is 1. The largest absolute Gasteiger partial charge is 0.477 e. The van der Waals surface area contributed by atoms with Crippen LogP contribution in [0.3, 0.4) is 0 Å². The number of carboxylic acids is 1. The van der Waals surface area contributed by atoms with Crippen LogP contribution in [0.25, 0.3) is 10.8 Å². The van der Waals surface area contributed by atoms with E-state index in [1.165, 1.54) is 6.07 Å². The number of hydrogen-bond donors (Lipinski definition) is 1. The number of nitrogens with zero attached hydrogens (tertiary/aromatic N) is 1. The second-order valence-corrected chi connectivity index (χ2v) is 5.12.